The van der Waals surface area contributed by atoms with Crippen LogP contribution in [0, 0.1) is 0 Å². The maximum atomic E-state index is 5.90. The van der Waals surface area contributed by atoms with Crippen molar-refractivity contribution in [3.8, 4) is 11.5 Å². The van der Waals surface area contributed by atoms with Crippen LogP contribution in [0.3, 0.4) is 0 Å². The Morgan fingerprint density at radius 3 is 2.64 bits per heavy atom. The molecule has 0 amide bonds. The molecular formula is C21H24N4O2S. The van der Waals surface area contributed by atoms with Crippen LogP contribution in [-0.2, 0) is 6.42 Å². The Morgan fingerprint density at radius 1 is 1.11 bits per heavy atom. The molecule has 0 aliphatic heterocycles. The van der Waals surface area contributed by atoms with E-state index in [2.05, 4.69) is 34.4 Å². The van der Waals surface area contributed by atoms with Crippen LogP contribution in [0.25, 0.3) is 0 Å². The van der Waals surface area contributed by atoms with Crippen LogP contribution in [0.5, 0.6) is 11.5 Å². The Morgan fingerprint density at radius 2 is 1.93 bits per heavy atom. The lowest BCUT2D eigenvalue weighted by Crippen LogP contribution is -2.04. The zero-order valence-corrected chi connectivity index (χ0v) is 17.1. The van der Waals surface area contributed by atoms with E-state index in [4.69, 9.17) is 9.47 Å². The zero-order chi connectivity index (χ0) is 19.8. The summed E-state index contributed by atoms with van der Waals surface area (Å²) in [6, 6.07) is 15.9. The number of para-hydroxylation sites is 1. The molecular weight excluding hydrogens is 372 g/mol. The Labute approximate surface area is 169 Å². The minimum absolute atomic E-state index is 0.614. The van der Waals surface area contributed by atoms with E-state index in [0.29, 0.717) is 24.5 Å². The predicted octanol–water partition coefficient (Wildman–Crippen LogP) is 4.27. The van der Waals surface area contributed by atoms with Gasteiger partial charge in [0, 0.05) is 12.0 Å². The van der Waals surface area contributed by atoms with Crippen molar-refractivity contribution in [2.75, 3.05) is 20.0 Å². The van der Waals surface area contributed by atoms with Crippen molar-refractivity contribution in [3.05, 3.63) is 65.5 Å². The third-order valence-electron chi connectivity index (χ3n) is 4.06. The monoisotopic (exact) mass is 396 g/mol. The fraction of sp³-hybridized carbons (Fsp3) is 0.286. The van der Waals surface area contributed by atoms with E-state index in [1.807, 2.05) is 42.7 Å². The van der Waals surface area contributed by atoms with Gasteiger partial charge in [0.25, 0.3) is 0 Å². The molecule has 0 atom stereocenters. The lowest BCUT2D eigenvalue weighted by molar-refractivity contribution is 0.294. The molecule has 2 aromatic carbocycles. The first-order valence-corrected chi connectivity index (χ1v) is 10.4. The normalized spacial score (nSPS) is 11.1. The fourth-order valence-corrected chi connectivity index (χ4v) is 3.15. The second-order valence-corrected chi connectivity index (χ2v) is 6.82. The van der Waals surface area contributed by atoms with E-state index in [1.54, 1.807) is 18.0 Å². The van der Waals surface area contributed by atoms with Crippen LogP contribution in [0.15, 0.2) is 58.8 Å². The first-order chi connectivity index (χ1) is 13.8. The maximum absolute atomic E-state index is 5.90. The van der Waals surface area contributed by atoms with E-state index < -0.39 is 0 Å². The third kappa shape index (κ3) is 4.72. The first kappa shape index (κ1) is 19.9. The number of thioether (sulfide) groups is 1. The van der Waals surface area contributed by atoms with Gasteiger partial charge in [-0.15, -0.1) is 10.2 Å². The lowest BCUT2D eigenvalue weighted by atomic mass is 10.1. The van der Waals surface area contributed by atoms with Gasteiger partial charge in [-0.05, 0) is 30.4 Å². The number of benzene rings is 2. The molecule has 7 heteroatoms. The number of methoxy groups -OCH3 is 1. The topological polar surface area (TPSA) is 61.5 Å². The summed E-state index contributed by atoms with van der Waals surface area (Å²) in [7, 11) is 1.64. The predicted molar refractivity (Wildman–Crippen MR) is 113 cm³/mol. The van der Waals surface area contributed by atoms with Crippen LogP contribution in [-0.4, -0.2) is 41.1 Å². The lowest BCUT2D eigenvalue weighted by Gasteiger charge is -2.12. The molecule has 0 aliphatic rings. The molecule has 1 aromatic heterocycles. The zero-order valence-electron chi connectivity index (χ0n) is 16.3. The Hall–Kier alpha value is -2.80. The highest BCUT2D eigenvalue weighted by molar-refractivity contribution is 7.98. The van der Waals surface area contributed by atoms with Crippen LogP contribution >= 0.6 is 11.8 Å². The summed E-state index contributed by atoms with van der Waals surface area (Å²) in [4.78, 5) is 0. The molecule has 0 saturated carbocycles. The third-order valence-corrected chi connectivity index (χ3v) is 4.68. The van der Waals surface area contributed by atoms with Crippen molar-refractivity contribution in [1.29, 1.82) is 0 Å². The molecule has 0 saturated heterocycles. The van der Waals surface area contributed by atoms with E-state index in [9.17, 15) is 0 Å². The SMILES string of the molecule is CCCOc1c(/C=N\n2c(Cc3ccccc3)nnc2SC)cccc1OC. The molecule has 6 nitrogen and oxygen atoms in total. The van der Waals surface area contributed by atoms with Gasteiger partial charge in [-0.2, -0.15) is 9.78 Å². The largest absolute Gasteiger partial charge is 0.493 e. The molecule has 28 heavy (non-hydrogen) atoms. The molecule has 0 fully saturated rings. The van der Waals surface area contributed by atoms with Gasteiger partial charge in [-0.1, -0.05) is 55.1 Å². The van der Waals surface area contributed by atoms with Crippen molar-refractivity contribution >= 4 is 18.0 Å². The summed E-state index contributed by atoms with van der Waals surface area (Å²) in [6.45, 7) is 2.68. The quantitative estimate of drug-likeness (QED) is 0.399. The summed E-state index contributed by atoms with van der Waals surface area (Å²) in [5.41, 5.74) is 2.01. The van der Waals surface area contributed by atoms with Crippen LogP contribution in [0.1, 0.15) is 30.3 Å². The number of aromatic nitrogens is 3. The Kier molecular flexibility index (Phi) is 7.08. The van der Waals surface area contributed by atoms with E-state index >= 15 is 0 Å². The highest BCUT2D eigenvalue weighted by Gasteiger charge is 2.13. The van der Waals surface area contributed by atoms with Crippen LogP contribution in [0.4, 0.5) is 0 Å². The van der Waals surface area contributed by atoms with Gasteiger partial charge in [-0.25, -0.2) is 0 Å². The number of nitrogens with zero attached hydrogens (tertiary/aromatic N) is 4. The summed E-state index contributed by atoms with van der Waals surface area (Å²) in [5.74, 6) is 2.17. The highest BCUT2D eigenvalue weighted by Crippen LogP contribution is 2.30. The Balaban J connectivity index is 1.93. The summed E-state index contributed by atoms with van der Waals surface area (Å²) >= 11 is 1.51. The second-order valence-electron chi connectivity index (χ2n) is 6.05. The maximum Gasteiger partial charge on any atom is 0.211 e. The van der Waals surface area contributed by atoms with Crippen LogP contribution < -0.4 is 9.47 Å². The van der Waals surface area contributed by atoms with E-state index in [-0.39, 0.29) is 0 Å². The summed E-state index contributed by atoms with van der Waals surface area (Å²) in [5, 5.41) is 14.0. The smallest absolute Gasteiger partial charge is 0.211 e. The van der Waals surface area contributed by atoms with Gasteiger partial charge < -0.3 is 9.47 Å². The summed E-state index contributed by atoms with van der Waals surface area (Å²) in [6.07, 6.45) is 5.30. The molecule has 1 heterocycles. The van der Waals surface area contributed by atoms with Gasteiger partial charge in [0.1, 0.15) is 0 Å². The van der Waals surface area contributed by atoms with Gasteiger partial charge in [0.05, 0.1) is 19.9 Å². The second kappa shape index (κ2) is 9.94. The molecule has 3 aromatic rings. The standard InChI is InChI=1S/C21H24N4O2S/c1-4-13-27-20-17(11-8-12-18(20)26-2)15-22-25-19(23-24-21(25)28-3)14-16-9-6-5-7-10-16/h5-12,15H,4,13-14H2,1-3H3/b22-15-. The van der Waals surface area contributed by atoms with Crippen LogP contribution in [0.2, 0.25) is 0 Å². The Bertz CT molecular complexity index is 925. The fourth-order valence-electron chi connectivity index (χ4n) is 2.70. The molecule has 3 rings (SSSR count). The number of hydrogen-bond donors (Lipinski definition) is 0. The molecule has 0 radical (unpaired) electrons. The van der Waals surface area contributed by atoms with Gasteiger partial charge >= 0.3 is 0 Å². The minimum atomic E-state index is 0.614. The molecule has 0 bridgehead atoms. The molecule has 146 valence electrons. The average Bonchev–Trinajstić information content (AvgIpc) is 3.12. The average molecular weight is 397 g/mol. The van der Waals surface area contributed by atoms with Crippen molar-refractivity contribution in [2.24, 2.45) is 5.10 Å². The summed E-state index contributed by atoms with van der Waals surface area (Å²) < 4.78 is 13.1. The highest BCUT2D eigenvalue weighted by atomic mass is 32.2. The first-order valence-electron chi connectivity index (χ1n) is 9.13. The van der Waals surface area contributed by atoms with Crippen molar-refractivity contribution in [3.63, 3.8) is 0 Å². The molecule has 0 aliphatic carbocycles. The number of rotatable bonds is 9. The molecule has 0 unspecified atom stereocenters. The molecule has 0 N–H and O–H groups in total. The van der Waals surface area contributed by atoms with Gasteiger partial charge in [-0.3, -0.25) is 0 Å². The van der Waals surface area contributed by atoms with Crippen molar-refractivity contribution in [1.82, 2.24) is 14.9 Å². The van der Waals surface area contributed by atoms with Gasteiger partial charge in [0.2, 0.25) is 5.16 Å². The van der Waals surface area contributed by atoms with E-state index in [0.717, 1.165) is 28.5 Å². The van der Waals surface area contributed by atoms with Crippen molar-refractivity contribution in [2.45, 2.75) is 24.9 Å². The minimum Gasteiger partial charge on any atom is -0.493 e. The van der Waals surface area contributed by atoms with Gasteiger partial charge in [0.15, 0.2) is 17.3 Å². The van der Waals surface area contributed by atoms with E-state index in [1.165, 1.54) is 11.8 Å². The molecule has 0 spiro atoms. The van der Waals surface area contributed by atoms with Crippen molar-refractivity contribution < 1.29 is 9.47 Å². The number of hydrogen-bond acceptors (Lipinski definition) is 6. The number of ether oxygens (including phenoxy) is 2.